The van der Waals surface area contributed by atoms with Crippen molar-refractivity contribution in [2.75, 3.05) is 5.32 Å². The number of nitrogens with one attached hydrogen (secondary N) is 2. The first-order chi connectivity index (χ1) is 14.8. The molecular formula is C23H21Cl2N3O3. The fourth-order valence-corrected chi connectivity index (χ4v) is 5.73. The molecule has 6 nitrogen and oxygen atoms in total. The molecule has 5 rings (SSSR count). The van der Waals surface area contributed by atoms with Crippen LogP contribution in [0.4, 0.5) is 5.69 Å². The van der Waals surface area contributed by atoms with Gasteiger partial charge in [0.1, 0.15) is 5.54 Å². The fraction of sp³-hybridized carbons (Fsp3) is 0.348. The maximum absolute atomic E-state index is 13.7. The molecule has 3 amide bonds. The van der Waals surface area contributed by atoms with Gasteiger partial charge in [-0.1, -0.05) is 67.4 Å². The second-order valence-corrected chi connectivity index (χ2v) is 9.51. The van der Waals surface area contributed by atoms with E-state index in [4.69, 9.17) is 23.2 Å². The van der Waals surface area contributed by atoms with Crippen molar-refractivity contribution in [3.05, 3.63) is 63.6 Å². The fourth-order valence-electron chi connectivity index (χ4n) is 5.31. The van der Waals surface area contributed by atoms with Crippen LogP contribution < -0.4 is 10.6 Å². The molecule has 2 aromatic rings. The molecule has 0 aliphatic carbocycles. The van der Waals surface area contributed by atoms with Gasteiger partial charge in [-0.25, -0.2) is 0 Å². The Labute approximate surface area is 189 Å². The summed E-state index contributed by atoms with van der Waals surface area (Å²) < 4.78 is 0. The van der Waals surface area contributed by atoms with Crippen LogP contribution in [-0.4, -0.2) is 28.7 Å². The van der Waals surface area contributed by atoms with Crippen LogP contribution in [0, 0.1) is 17.8 Å². The first-order valence-corrected chi connectivity index (χ1v) is 11.0. The summed E-state index contributed by atoms with van der Waals surface area (Å²) >= 11 is 12.6. The van der Waals surface area contributed by atoms with E-state index in [9.17, 15) is 14.4 Å². The summed E-state index contributed by atoms with van der Waals surface area (Å²) in [6, 6.07) is 12.0. The summed E-state index contributed by atoms with van der Waals surface area (Å²) in [5.41, 5.74) is 0.466. The zero-order chi connectivity index (χ0) is 22.1. The number of hydrogen-bond acceptors (Lipinski definition) is 4. The van der Waals surface area contributed by atoms with Crippen LogP contribution in [0.5, 0.6) is 0 Å². The second kappa shape index (κ2) is 7.05. The molecular weight excluding hydrogens is 437 g/mol. The van der Waals surface area contributed by atoms with Crippen molar-refractivity contribution in [2.45, 2.75) is 32.0 Å². The summed E-state index contributed by atoms with van der Waals surface area (Å²) in [7, 11) is 0. The number of rotatable bonds is 3. The Hall–Kier alpha value is -2.41. The molecule has 160 valence electrons. The number of carbonyl (C=O) groups excluding carboxylic acids is 3. The second-order valence-electron chi connectivity index (χ2n) is 8.70. The maximum atomic E-state index is 13.7. The number of fused-ring (bicyclic) bond motifs is 4. The molecule has 0 aromatic heterocycles. The van der Waals surface area contributed by atoms with Crippen molar-refractivity contribution in [1.82, 2.24) is 10.2 Å². The lowest BCUT2D eigenvalue weighted by atomic mass is 9.76. The number of benzene rings is 2. The number of halogens is 2. The van der Waals surface area contributed by atoms with Gasteiger partial charge in [0.15, 0.2) is 0 Å². The average Bonchev–Trinajstić information content (AvgIpc) is 3.32. The Morgan fingerprint density at radius 3 is 2.42 bits per heavy atom. The van der Waals surface area contributed by atoms with E-state index in [0.717, 1.165) is 0 Å². The predicted molar refractivity (Wildman–Crippen MR) is 118 cm³/mol. The number of amides is 3. The van der Waals surface area contributed by atoms with Crippen molar-refractivity contribution in [2.24, 2.45) is 17.8 Å². The number of hydrogen-bond donors (Lipinski definition) is 2. The highest BCUT2D eigenvalue weighted by atomic mass is 35.5. The third-order valence-corrected chi connectivity index (χ3v) is 7.41. The molecule has 0 bridgehead atoms. The molecule has 31 heavy (non-hydrogen) atoms. The smallest absolute Gasteiger partial charge is 0.250 e. The van der Waals surface area contributed by atoms with Gasteiger partial charge in [-0.15, -0.1) is 0 Å². The lowest BCUT2D eigenvalue weighted by Crippen LogP contribution is -2.53. The number of carbonyl (C=O) groups is 3. The van der Waals surface area contributed by atoms with Gasteiger partial charge in [0.25, 0.3) is 0 Å². The van der Waals surface area contributed by atoms with Crippen molar-refractivity contribution in [3.63, 3.8) is 0 Å². The van der Waals surface area contributed by atoms with E-state index in [0.29, 0.717) is 26.9 Å². The van der Waals surface area contributed by atoms with E-state index in [2.05, 4.69) is 10.6 Å². The molecule has 2 aromatic carbocycles. The van der Waals surface area contributed by atoms with Crippen LogP contribution in [0.3, 0.4) is 0 Å². The van der Waals surface area contributed by atoms with E-state index in [1.165, 1.54) is 4.90 Å². The van der Waals surface area contributed by atoms with Gasteiger partial charge in [0, 0.05) is 16.6 Å². The summed E-state index contributed by atoms with van der Waals surface area (Å²) in [6.07, 6.45) is 0. The van der Waals surface area contributed by atoms with Crippen LogP contribution in [0.15, 0.2) is 42.5 Å². The van der Waals surface area contributed by atoms with Gasteiger partial charge in [0.2, 0.25) is 17.7 Å². The molecule has 0 radical (unpaired) electrons. The van der Waals surface area contributed by atoms with E-state index in [1.54, 1.807) is 36.4 Å². The third kappa shape index (κ3) is 2.71. The standard InChI is InChI=1S/C23H21Cl2N3O3/c1-11(2)18-16-17(21(30)28(20(16)29)10-12-6-3-4-8-14(12)24)23(27-18)13-7-5-9-15(25)19(13)26-22(23)31/h3-9,11,16-18,27H,10H2,1-2H3,(H,26,31). The van der Waals surface area contributed by atoms with Crippen molar-refractivity contribution < 1.29 is 14.4 Å². The molecule has 2 saturated heterocycles. The zero-order valence-electron chi connectivity index (χ0n) is 17.0. The Kier molecular flexibility index (Phi) is 4.66. The average molecular weight is 458 g/mol. The quantitative estimate of drug-likeness (QED) is 0.690. The van der Waals surface area contributed by atoms with Gasteiger partial charge < -0.3 is 5.32 Å². The number of imide groups is 1. The van der Waals surface area contributed by atoms with Crippen LogP contribution in [-0.2, 0) is 26.5 Å². The number of likely N-dealkylation sites (tertiary alicyclic amines) is 1. The maximum Gasteiger partial charge on any atom is 0.250 e. The molecule has 3 heterocycles. The minimum Gasteiger partial charge on any atom is -0.323 e. The van der Waals surface area contributed by atoms with Gasteiger partial charge >= 0.3 is 0 Å². The highest BCUT2D eigenvalue weighted by Crippen LogP contribution is 2.55. The van der Waals surface area contributed by atoms with Gasteiger partial charge in [-0.05, 0) is 23.6 Å². The van der Waals surface area contributed by atoms with Crippen LogP contribution in [0.2, 0.25) is 10.0 Å². The number of para-hydroxylation sites is 1. The van der Waals surface area contributed by atoms with Gasteiger partial charge in [-0.2, -0.15) is 0 Å². The zero-order valence-corrected chi connectivity index (χ0v) is 18.5. The van der Waals surface area contributed by atoms with E-state index >= 15 is 0 Å². The first kappa shape index (κ1) is 20.5. The molecule has 1 spiro atoms. The minimum absolute atomic E-state index is 0.0277. The van der Waals surface area contributed by atoms with Gasteiger partial charge in [0.05, 0.1) is 29.1 Å². The Morgan fingerprint density at radius 2 is 1.71 bits per heavy atom. The summed E-state index contributed by atoms with van der Waals surface area (Å²) in [4.78, 5) is 41.8. The van der Waals surface area contributed by atoms with E-state index in [1.807, 2.05) is 19.9 Å². The summed E-state index contributed by atoms with van der Waals surface area (Å²) in [6.45, 7) is 4.04. The van der Waals surface area contributed by atoms with Crippen LogP contribution in [0.25, 0.3) is 0 Å². The molecule has 2 fully saturated rings. The Balaban J connectivity index is 1.63. The predicted octanol–water partition coefficient (Wildman–Crippen LogP) is 3.57. The first-order valence-electron chi connectivity index (χ1n) is 10.2. The molecule has 2 N–H and O–H groups in total. The molecule has 3 aliphatic rings. The SMILES string of the molecule is CC(C)C1NC2(C(=O)Nc3c(Cl)cccc32)C2C(=O)N(Cc3ccccc3Cl)C(=O)C12. The Morgan fingerprint density at radius 1 is 1.00 bits per heavy atom. The monoisotopic (exact) mass is 457 g/mol. The highest BCUT2D eigenvalue weighted by molar-refractivity contribution is 6.35. The topological polar surface area (TPSA) is 78.5 Å². The number of nitrogens with zero attached hydrogens (tertiary/aromatic N) is 1. The summed E-state index contributed by atoms with van der Waals surface area (Å²) in [5.74, 6) is -2.47. The molecule has 3 aliphatic heterocycles. The van der Waals surface area contributed by atoms with Crippen molar-refractivity contribution in [3.8, 4) is 0 Å². The van der Waals surface area contributed by atoms with Crippen molar-refractivity contribution >= 4 is 46.6 Å². The third-order valence-electron chi connectivity index (χ3n) is 6.73. The molecule has 4 unspecified atom stereocenters. The van der Waals surface area contributed by atoms with Gasteiger partial charge in [-0.3, -0.25) is 24.6 Å². The van der Waals surface area contributed by atoms with E-state index in [-0.39, 0.29) is 36.2 Å². The minimum atomic E-state index is -1.33. The molecule has 0 saturated carbocycles. The molecule has 8 heteroatoms. The number of anilines is 1. The summed E-state index contributed by atoms with van der Waals surface area (Å²) in [5, 5.41) is 7.13. The highest BCUT2D eigenvalue weighted by Gasteiger charge is 2.70. The lowest BCUT2D eigenvalue weighted by Gasteiger charge is -2.30. The van der Waals surface area contributed by atoms with Crippen LogP contribution in [0.1, 0.15) is 25.0 Å². The largest absolute Gasteiger partial charge is 0.323 e. The lowest BCUT2D eigenvalue weighted by molar-refractivity contribution is -0.143. The van der Waals surface area contributed by atoms with Crippen molar-refractivity contribution in [1.29, 1.82) is 0 Å². The normalized spacial score (nSPS) is 29.1. The van der Waals surface area contributed by atoms with E-state index < -0.39 is 17.4 Å². The molecule has 4 atom stereocenters. The van der Waals surface area contributed by atoms with Crippen LogP contribution >= 0.6 is 23.2 Å². The Bertz CT molecular complexity index is 1130.